The van der Waals surface area contributed by atoms with E-state index in [1.54, 1.807) is 24.3 Å². The van der Waals surface area contributed by atoms with E-state index in [1.807, 2.05) is 42.5 Å². The van der Waals surface area contributed by atoms with E-state index in [4.69, 9.17) is 9.57 Å². The fourth-order valence-corrected chi connectivity index (χ4v) is 5.50. The van der Waals surface area contributed by atoms with Gasteiger partial charge in [-0.05, 0) is 30.5 Å². The Labute approximate surface area is 250 Å². The van der Waals surface area contributed by atoms with E-state index in [-0.39, 0.29) is 11.8 Å². The summed E-state index contributed by atoms with van der Waals surface area (Å²) in [5.41, 5.74) is 4.61. The van der Waals surface area contributed by atoms with Crippen molar-refractivity contribution in [1.29, 1.82) is 0 Å². The molecule has 0 saturated carbocycles. The van der Waals surface area contributed by atoms with Gasteiger partial charge in [-0.2, -0.15) is 0 Å². The van der Waals surface area contributed by atoms with Crippen LogP contribution in [0.1, 0.15) is 55.9 Å². The van der Waals surface area contributed by atoms with Crippen LogP contribution >= 0.6 is 0 Å². The Bertz CT molecular complexity index is 1430. The Balaban J connectivity index is 1.07. The topological polar surface area (TPSA) is 117 Å². The zero-order valence-electron chi connectivity index (χ0n) is 23.8. The highest BCUT2D eigenvalue weighted by molar-refractivity contribution is 6.21. The fraction of sp³-hybridized carbons (Fsp3) is 0.344. The molecular formula is C32H34N6O5. The van der Waals surface area contributed by atoms with E-state index in [2.05, 4.69) is 25.2 Å². The van der Waals surface area contributed by atoms with Gasteiger partial charge in [-0.1, -0.05) is 54.6 Å². The summed E-state index contributed by atoms with van der Waals surface area (Å²) < 4.78 is 5.46. The second-order valence-electron chi connectivity index (χ2n) is 10.8. The van der Waals surface area contributed by atoms with Crippen molar-refractivity contribution in [1.82, 2.24) is 25.2 Å². The first-order valence-electron chi connectivity index (χ1n) is 14.6. The third kappa shape index (κ3) is 6.64. The standard InChI is InChI=1S/C32H34N6O5/c39-29(35-43-28-12-6-7-19-42-28)24-20-33-32(34-21-24)37-17-15-36(16-18-37)22-25(14-13-23-8-2-1-3-9-23)38-30(40)26-10-4-5-11-27(26)31(38)41/h1-5,8-11,13-14,20-21,25,28H,6-7,12,15-19,22H2,(H,35,39). The van der Waals surface area contributed by atoms with E-state index in [0.29, 0.717) is 62.0 Å². The molecule has 0 aliphatic carbocycles. The number of benzene rings is 2. The number of hydrogen-bond acceptors (Lipinski definition) is 9. The van der Waals surface area contributed by atoms with Crippen LogP contribution < -0.4 is 10.4 Å². The predicted octanol–water partition coefficient (Wildman–Crippen LogP) is 3.16. The Morgan fingerprint density at radius 1 is 0.953 bits per heavy atom. The van der Waals surface area contributed by atoms with Crippen LogP contribution in [0.3, 0.4) is 0 Å². The fourth-order valence-electron chi connectivity index (χ4n) is 5.50. The normalized spacial score (nSPS) is 20.0. The monoisotopic (exact) mass is 582 g/mol. The number of aromatic nitrogens is 2. The molecule has 0 spiro atoms. The molecule has 2 unspecified atom stereocenters. The maximum absolute atomic E-state index is 13.3. The van der Waals surface area contributed by atoms with E-state index in [0.717, 1.165) is 24.8 Å². The zero-order chi connectivity index (χ0) is 29.6. The lowest BCUT2D eigenvalue weighted by atomic mass is 10.1. The molecule has 2 saturated heterocycles. The van der Waals surface area contributed by atoms with Gasteiger partial charge in [0.05, 0.1) is 22.7 Å². The summed E-state index contributed by atoms with van der Waals surface area (Å²) in [7, 11) is 0. The minimum Gasteiger partial charge on any atom is -0.350 e. The summed E-state index contributed by atoms with van der Waals surface area (Å²) in [6.07, 6.45) is 9.19. The summed E-state index contributed by atoms with van der Waals surface area (Å²) in [4.78, 5) is 58.9. The van der Waals surface area contributed by atoms with Crippen molar-refractivity contribution in [2.75, 3.05) is 44.2 Å². The van der Waals surface area contributed by atoms with Crippen molar-refractivity contribution in [2.24, 2.45) is 0 Å². The van der Waals surface area contributed by atoms with Gasteiger partial charge in [0.2, 0.25) is 5.95 Å². The highest BCUT2D eigenvalue weighted by atomic mass is 16.8. The molecular weight excluding hydrogens is 548 g/mol. The average Bonchev–Trinajstić information content (AvgIpc) is 3.32. The Hall–Kier alpha value is -4.45. The summed E-state index contributed by atoms with van der Waals surface area (Å²) in [5.74, 6) is -0.422. The molecule has 4 heterocycles. The number of hydrogen-bond donors (Lipinski definition) is 1. The van der Waals surface area contributed by atoms with Crippen LogP contribution in [0.4, 0.5) is 5.95 Å². The second-order valence-corrected chi connectivity index (χ2v) is 10.8. The molecule has 2 aromatic carbocycles. The highest BCUT2D eigenvalue weighted by Gasteiger charge is 2.39. The maximum Gasteiger partial charge on any atom is 0.278 e. The van der Waals surface area contributed by atoms with E-state index >= 15 is 0 Å². The van der Waals surface area contributed by atoms with Crippen LogP contribution in [0, 0.1) is 0 Å². The number of fused-ring (bicyclic) bond motifs is 1. The number of nitrogens with zero attached hydrogens (tertiary/aromatic N) is 5. The van der Waals surface area contributed by atoms with Crippen LogP contribution in [-0.4, -0.2) is 89.2 Å². The van der Waals surface area contributed by atoms with Crippen molar-refractivity contribution >= 4 is 29.7 Å². The third-order valence-corrected chi connectivity index (χ3v) is 7.89. The lowest BCUT2D eigenvalue weighted by molar-refractivity contribution is -0.186. The van der Waals surface area contributed by atoms with E-state index in [1.165, 1.54) is 17.3 Å². The highest BCUT2D eigenvalue weighted by Crippen LogP contribution is 2.26. The molecule has 0 bridgehead atoms. The van der Waals surface area contributed by atoms with E-state index in [9.17, 15) is 14.4 Å². The number of carbonyl (C=O) groups is 3. The van der Waals surface area contributed by atoms with Crippen molar-refractivity contribution in [3.63, 3.8) is 0 Å². The van der Waals surface area contributed by atoms with Gasteiger partial charge < -0.3 is 9.64 Å². The minimum absolute atomic E-state index is 0.267. The van der Waals surface area contributed by atoms with Gasteiger partial charge in [0.25, 0.3) is 17.7 Å². The smallest absolute Gasteiger partial charge is 0.278 e. The number of imide groups is 1. The Morgan fingerprint density at radius 2 is 1.63 bits per heavy atom. The van der Waals surface area contributed by atoms with Crippen molar-refractivity contribution in [3.8, 4) is 0 Å². The van der Waals surface area contributed by atoms with Gasteiger partial charge in [-0.15, -0.1) is 0 Å². The molecule has 2 fully saturated rings. The second kappa shape index (κ2) is 13.2. The van der Waals surface area contributed by atoms with Gasteiger partial charge in [0, 0.05) is 58.1 Å². The van der Waals surface area contributed by atoms with Crippen LogP contribution in [-0.2, 0) is 9.57 Å². The van der Waals surface area contributed by atoms with Crippen molar-refractivity contribution in [3.05, 3.63) is 95.3 Å². The molecule has 3 aliphatic rings. The molecule has 43 heavy (non-hydrogen) atoms. The van der Waals surface area contributed by atoms with Crippen molar-refractivity contribution < 1.29 is 24.0 Å². The molecule has 3 amide bonds. The lowest BCUT2D eigenvalue weighted by Crippen LogP contribution is -2.52. The molecule has 6 rings (SSSR count). The predicted molar refractivity (Wildman–Crippen MR) is 159 cm³/mol. The molecule has 1 N–H and O–H groups in total. The first-order chi connectivity index (χ1) is 21.1. The van der Waals surface area contributed by atoms with Gasteiger partial charge in [-0.25, -0.2) is 20.3 Å². The zero-order valence-corrected chi connectivity index (χ0v) is 23.8. The summed E-state index contributed by atoms with van der Waals surface area (Å²) in [6, 6.07) is 16.4. The Kier molecular flexibility index (Phi) is 8.83. The molecule has 3 aromatic rings. The first-order valence-corrected chi connectivity index (χ1v) is 14.6. The van der Waals surface area contributed by atoms with Gasteiger partial charge in [0.1, 0.15) is 0 Å². The molecule has 222 valence electrons. The molecule has 2 atom stereocenters. The molecule has 3 aliphatic heterocycles. The molecule has 1 aromatic heterocycles. The maximum atomic E-state index is 13.3. The SMILES string of the molecule is O=C(NOC1CCCCO1)c1cnc(N2CCN(CC(C=Cc3ccccc3)N3C(=O)c4ccccc4C3=O)CC2)nc1. The number of rotatable bonds is 9. The van der Waals surface area contributed by atoms with E-state index < -0.39 is 18.2 Å². The van der Waals surface area contributed by atoms with Crippen LogP contribution in [0.25, 0.3) is 6.08 Å². The third-order valence-electron chi connectivity index (χ3n) is 7.89. The number of amides is 3. The molecule has 11 nitrogen and oxygen atoms in total. The minimum atomic E-state index is -0.436. The number of hydroxylamine groups is 1. The summed E-state index contributed by atoms with van der Waals surface area (Å²) in [5, 5.41) is 0. The van der Waals surface area contributed by atoms with Gasteiger partial charge in [0.15, 0.2) is 6.29 Å². The largest absolute Gasteiger partial charge is 0.350 e. The summed E-state index contributed by atoms with van der Waals surface area (Å²) >= 11 is 0. The number of piperazine rings is 1. The average molecular weight is 583 g/mol. The van der Waals surface area contributed by atoms with Crippen LogP contribution in [0.15, 0.2) is 73.1 Å². The van der Waals surface area contributed by atoms with Crippen LogP contribution in [0.5, 0.6) is 0 Å². The summed E-state index contributed by atoms with van der Waals surface area (Å²) in [6.45, 7) is 3.84. The quantitative estimate of drug-likeness (QED) is 0.300. The number of nitrogens with one attached hydrogen (secondary N) is 1. The Morgan fingerprint density at radius 3 is 2.28 bits per heavy atom. The number of carbonyl (C=O) groups excluding carboxylic acids is 3. The number of anilines is 1. The first kappa shape index (κ1) is 28.7. The molecule has 0 radical (unpaired) electrons. The number of ether oxygens (including phenoxy) is 1. The molecule has 11 heteroatoms. The van der Waals surface area contributed by atoms with Gasteiger partial charge >= 0.3 is 0 Å². The van der Waals surface area contributed by atoms with Crippen molar-refractivity contribution in [2.45, 2.75) is 31.6 Å². The van der Waals surface area contributed by atoms with Crippen LogP contribution in [0.2, 0.25) is 0 Å². The lowest BCUT2D eigenvalue weighted by Gasteiger charge is -2.37. The van der Waals surface area contributed by atoms with Gasteiger partial charge in [-0.3, -0.25) is 24.2 Å².